The van der Waals surface area contributed by atoms with E-state index in [2.05, 4.69) is 218 Å². The highest BCUT2D eigenvalue weighted by atomic mass is 16.5. The number of rotatable bonds is 5. The van der Waals surface area contributed by atoms with Gasteiger partial charge in [-0.25, -0.2) is 9.97 Å². The second-order valence-corrected chi connectivity index (χ2v) is 15.9. The first-order valence-corrected chi connectivity index (χ1v) is 20.7. The second kappa shape index (κ2) is 13.8. The third-order valence-electron chi connectivity index (χ3n) is 12.8. The third-order valence-corrected chi connectivity index (χ3v) is 12.8. The molecule has 2 unspecified atom stereocenters. The van der Waals surface area contributed by atoms with Gasteiger partial charge in [0.2, 0.25) is 0 Å². The van der Waals surface area contributed by atoms with Crippen LogP contribution in [0.2, 0.25) is 0 Å². The molecule has 0 saturated heterocycles. The minimum atomic E-state index is -0.541. The molecule has 3 aliphatic rings. The number of ether oxygens (including phenoxy) is 1. The SMILES string of the molecule is C1=CC(c2nc(-c3ccccc3)cc(-c3ccc(-c4ccccc4)c4ccccc34)n2)C(c2cccc3c2Oc2ccccc2C32c3ccccc3-c3ccccc32)C=C1. The smallest absolute Gasteiger partial charge is 0.137 e. The summed E-state index contributed by atoms with van der Waals surface area (Å²) in [5.74, 6) is 2.29. The Morgan fingerprint density at radius 1 is 0.400 bits per heavy atom. The highest BCUT2D eigenvalue weighted by Gasteiger charge is 2.51. The summed E-state index contributed by atoms with van der Waals surface area (Å²) in [7, 11) is 0. The summed E-state index contributed by atoms with van der Waals surface area (Å²) in [6, 6.07) is 69.5. The molecule has 2 atom stereocenters. The summed E-state index contributed by atoms with van der Waals surface area (Å²) < 4.78 is 7.15. The largest absolute Gasteiger partial charge is 0.456 e. The normalized spacial score (nSPS) is 16.5. The maximum absolute atomic E-state index is 7.15. The molecule has 0 amide bonds. The van der Waals surface area contributed by atoms with Gasteiger partial charge in [0, 0.05) is 39.7 Å². The Morgan fingerprint density at radius 2 is 0.950 bits per heavy atom. The van der Waals surface area contributed by atoms with Crippen LogP contribution >= 0.6 is 0 Å². The van der Waals surface area contributed by atoms with Crippen molar-refractivity contribution >= 4 is 10.8 Å². The molecule has 3 nitrogen and oxygen atoms in total. The summed E-state index contributed by atoms with van der Waals surface area (Å²) in [6.45, 7) is 0. The number of para-hydroxylation sites is 2. The van der Waals surface area contributed by atoms with E-state index in [-0.39, 0.29) is 11.8 Å². The van der Waals surface area contributed by atoms with Crippen LogP contribution in [-0.2, 0) is 5.41 Å². The number of hydrogen-bond donors (Lipinski definition) is 0. The molecular weight excluding hydrogens is 729 g/mol. The van der Waals surface area contributed by atoms with Gasteiger partial charge in [-0.1, -0.05) is 206 Å². The second-order valence-electron chi connectivity index (χ2n) is 15.9. The molecule has 282 valence electrons. The minimum Gasteiger partial charge on any atom is -0.456 e. The number of nitrogens with zero attached hydrogens (tertiary/aromatic N) is 2. The Labute approximate surface area is 349 Å². The first-order valence-electron chi connectivity index (χ1n) is 20.7. The lowest BCUT2D eigenvalue weighted by molar-refractivity contribution is 0.426. The van der Waals surface area contributed by atoms with Gasteiger partial charge in [0.25, 0.3) is 0 Å². The Morgan fingerprint density at radius 3 is 1.68 bits per heavy atom. The van der Waals surface area contributed by atoms with Crippen molar-refractivity contribution in [3.8, 4) is 56.3 Å². The lowest BCUT2D eigenvalue weighted by atomic mass is 9.65. The van der Waals surface area contributed by atoms with E-state index in [0.29, 0.717) is 0 Å². The molecule has 0 N–H and O–H groups in total. The average molecular weight is 767 g/mol. The van der Waals surface area contributed by atoms with Crippen LogP contribution in [0.5, 0.6) is 11.5 Å². The van der Waals surface area contributed by atoms with Gasteiger partial charge >= 0.3 is 0 Å². The van der Waals surface area contributed by atoms with Gasteiger partial charge in [0.05, 0.1) is 16.8 Å². The van der Waals surface area contributed by atoms with E-state index in [1.165, 1.54) is 38.8 Å². The summed E-state index contributed by atoms with van der Waals surface area (Å²) in [6.07, 6.45) is 8.86. The zero-order chi connectivity index (χ0) is 39.6. The molecule has 0 fully saturated rings. The van der Waals surface area contributed by atoms with E-state index in [0.717, 1.165) is 61.9 Å². The summed E-state index contributed by atoms with van der Waals surface area (Å²) in [5.41, 5.74) is 14.3. The molecular formula is C57H38N2O. The topological polar surface area (TPSA) is 35.0 Å². The van der Waals surface area contributed by atoms with E-state index < -0.39 is 5.41 Å². The highest BCUT2D eigenvalue weighted by molar-refractivity contribution is 6.04. The van der Waals surface area contributed by atoms with Crippen LogP contribution in [0, 0.1) is 0 Å². The van der Waals surface area contributed by atoms with E-state index in [1.54, 1.807) is 0 Å². The molecule has 12 rings (SSSR count). The van der Waals surface area contributed by atoms with Crippen molar-refractivity contribution in [2.75, 3.05) is 0 Å². The van der Waals surface area contributed by atoms with E-state index >= 15 is 0 Å². The molecule has 1 aromatic heterocycles. The summed E-state index contributed by atoms with van der Waals surface area (Å²) in [4.78, 5) is 10.9. The van der Waals surface area contributed by atoms with Gasteiger partial charge in [-0.2, -0.15) is 0 Å². The van der Waals surface area contributed by atoms with Crippen molar-refractivity contribution in [1.82, 2.24) is 9.97 Å². The first-order chi connectivity index (χ1) is 29.8. The van der Waals surface area contributed by atoms with Gasteiger partial charge in [-0.3, -0.25) is 0 Å². The number of allylic oxidation sites excluding steroid dienone is 4. The molecule has 60 heavy (non-hydrogen) atoms. The Kier molecular flexibility index (Phi) is 7.89. The summed E-state index contributed by atoms with van der Waals surface area (Å²) in [5, 5.41) is 2.35. The molecule has 9 aromatic rings. The maximum Gasteiger partial charge on any atom is 0.137 e. The molecule has 1 aliphatic heterocycles. The molecule has 0 bridgehead atoms. The monoisotopic (exact) mass is 766 g/mol. The standard InChI is InChI=1S/C57H38N2O/c1-3-18-37(19-4-1)39-34-35-45(41-23-8-7-22-40(39)41)53-36-52(38-20-5-2-6-21-38)58-56(59-53)47-27-10-9-24-42(47)46-28-17-32-51-55(46)60-54-33-16-15-31-50(54)57(51)48-29-13-11-25-43(48)44-26-12-14-30-49(44)57/h1-36,42,47H. The third kappa shape index (κ3) is 5.15. The van der Waals surface area contributed by atoms with Crippen LogP contribution in [-0.4, -0.2) is 9.97 Å². The number of aromatic nitrogens is 2. The minimum absolute atomic E-state index is 0.102. The first kappa shape index (κ1) is 34.4. The van der Waals surface area contributed by atoms with Crippen LogP contribution in [0.3, 0.4) is 0 Å². The van der Waals surface area contributed by atoms with E-state index in [9.17, 15) is 0 Å². The number of fused-ring (bicyclic) bond motifs is 10. The van der Waals surface area contributed by atoms with E-state index in [4.69, 9.17) is 14.7 Å². The predicted molar refractivity (Wildman–Crippen MR) is 243 cm³/mol. The van der Waals surface area contributed by atoms with Crippen molar-refractivity contribution in [1.29, 1.82) is 0 Å². The van der Waals surface area contributed by atoms with Crippen LogP contribution < -0.4 is 4.74 Å². The van der Waals surface area contributed by atoms with Crippen LogP contribution in [0.25, 0.3) is 55.5 Å². The maximum atomic E-state index is 7.15. The Balaban J connectivity index is 1.05. The molecule has 8 aromatic carbocycles. The highest BCUT2D eigenvalue weighted by Crippen LogP contribution is 2.63. The van der Waals surface area contributed by atoms with Crippen molar-refractivity contribution in [2.45, 2.75) is 17.3 Å². The zero-order valence-corrected chi connectivity index (χ0v) is 32.7. The van der Waals surface area contributed by atoms with Gasteiger partial charge in [-0.05, 0) is 56.3 Å². The predicted octanol–water partition coefficient (Wildman–Crippen LogP) is 14.1. The zero-order valence-electron chi connectivity index (χ0n) is 32.7. The van der Waals surface area contributed by atoms with Gasteiger partial charge in [0.1, 0.15) is 17.3 Å². The number of benzene rings is 8. The quantitative estimate of drug-likeness (QED) is 0.175. The summed E-state index contributed by atoms with van der Waals surface area (Å²) >= 11 is 0. The van der Waals surface area contributed by atoms with Gasteiger partial charge < -0.3 is 4.74 Å². The molecule has 0 saturated carbocycles. The van der Waals surface area contributed by atoms with Crippen molar-refractivity contribution in [3.63, 3.8) is 0 Å². The lowest BCUT2D eigenvalue weighted by Gasteiger charge is -2.41. The van der Waals surface area contributed by atoms with Crippen LogP contribution in [0.15, 0.2) is 218 Å². The lowest BCUT2D eigenvalue weighted by Crippen LogP contribution is -2.32. The van der Waals surface area contributed by atoms with Crippen molar-refractivity contribution < 1.29 is 4.74 Å². The fourth-order valence-corrected chi connectivity index (χ4v) is 10.2. The van der Waals surface area contributed by atoms with Crippen LogP contribution in [0.4, 0.5) is 0 Å². The van der Waals surface area contributed by atoms with Crippen molar-refractivity contribution in [2.24, 2.45) is 0 Å². The molecule has 1 spiro atoms. The molecule has 2 aliphatic carbocycles. The Hall–Kier alpha value is -7.62. The molecule has 2 heterocycles. The van der Waals surface area contributed by atoms with Crippen molar-refractivity contribution in [3.05, 3.63) is 252 Å². The Bertz CT molecular complexity index is 3150. The van der Waals surface area contributed by atoms with Crippen LogP contribution in [0.1, 0.15) is 45.5 Å². The number of hydrogen-bond acceptors (Lipinski definition) is 3. The van der Waals surface area contributed by atoms with Gasteiger partial charge in [-0.15, -0.1) is 0 Å². The molecule has 0 radical (unpaired) electrons. The van der Waals surface area contributed by atoms with Gasteiger partial charge in [0.15, 0.2) is 0 Å². The fraction of sp³-hybridized carbons (Fsp3) is 0.0526. The molecule has 3 heteroatoms. The van der Waals surface area contributed by atoms with E-state index in [1.807, 2.05) is 0 Å². The fourth-order valence-electron chi connectivity index (χ4n) is 10.2. The average Bonchev–Trinajstić information content (AvgIpc) is 3.62.